The summed E-state index contributed by atoms with van der Waals surface area (Å²) in [6.07, 6.45) is 1.62. The van der Waals surface area contributed by atoms with E-state index in [1.54, 1.807) is 6.26 Å². The second-order valence-electron chi connectivity index (χ2n) is 4.99. The molecule has 0 unspecified atom stereocenters. The van der Waals surface area contributed by atoms with Crippen molar-refractivity contribution >= 4 is 22.9 Å². The van der Waals surface area contributed by atoms with Gasteiger partial charge in [0.1, 0.15) is 5.76 Å². The van der Waals surface area contributed by atoms with Crippen molar-refractivity contribution in [3.8, 4) is 11.3 Å². The van der Waals surface area contributed by atoms with Gasteiger partial charge in [-0.05, 0) is 39.0 Å². The van der Waals surface area contributed by atoms with Crippen LogP contribution < -0.4 is 5.32 Å². The molecule has 0 saturated heterocycles. The summed E-state index contributed by atoms with van der Waals surface area (Å²) in [6, 6.07) is 5.55. The lowest BCUT2D eigenvalue weighted by Crippen LogP contribution is -2.11. The lowest BCUT2D eigenvalue weighted by molar-refractivity contribution is 0.103. The number of carbonyl (C=O) groups excluding carboxylic acids is 1. The van der Waals surface area contributed by atoms with Gasteiger partial charge >= 0.3 is 0 Å². The first kappa shape index (κ1) is 14.6. The summed E-state index contributed by atoms with van der Waals surface area (Å²) in [5, 5.41) is 9.30. The largest absolute Gasteiger partial charge is 0.464 e. The van der Waals surface area contributed by atoms with Crippen molar-refractivity contribution in [2.24, 2.45) is 0 Å². The molecule has 3 aromatic heterocycles. The van der Waals surface area contributed by atoms with Gasteiger partial charge < -0.3 is 9.73 Å². The smallest absolute Gasteiger partial charge is 0.265 e. The van der Waals surface area contributed by atoms with Crippen LogP contribution in [0.3, 0.4) is 0 Å². The number of nitrogens with one attached hydrogen (secondary N) is 1. The fraction of sp³-hybridized carbons (Fsp3) is 0.250. The maximum atomic E-state index is 12.4. The molecule has 0 aliphatic rings. The van der Waals surface area contributed by atoms with Crippen LogP contribution in [0.5, 0.6) is 0 Å². The molecule has 3 aromatic rings. The number of nitrogens with zero attached hydrogens (tertiary/aromatic N) is 2. The Labute approximate surface area is 132 Å². The maximum absolute atomic E-state index is 12.4. The predicted molar refractivity (Wildman–Crippen MR) is 87.3 cm³/mol. The average molecular weight is 315 g/mol. The van der Waals surface area contributed by atoms with Gasteiger partial charge in [-0.15, -0.1) is 11.3 Å². The van der Waals surface area contributed by atoms with Gasteiger partial charge in [-0.25, -0.2) is 0 Å². The highest BCUT2D eigenvalue weighted by Crippen LogP contribution is 2.27. The molecule has 0 fully saturated rings. The molecule has 0 saturated carbocycles. The van der Waals surface area contributed by atoms with Gasteiger partial charge in [-0.1, -0.05) is 0 Å². The predicted octanol–water partition coefficient (Wildman–Crippen LogP) is 4.09. The maximum Gasteiger partial charge on any atom is 0.265 e. The minimum atomic E-state index is -0.121. The molecule has 0 aliphatic carbocycles. The molecular formula is C16H17N3O2S. The van der Waals surface area contributed by atoms with E-state index in [2.05, 4.69) is 10.4 Å². The number of aromatic nitrogens is 2. The van der Waals surface area contributed by atoms with E-state index in [1.165, 1.54) is 11.3 Å². The molecule has 3 rings (SSSR count). The summed E-state index contributed by atoms with van der Waals surface area (Å²) in [5.41, 5.74) is 3.50. The number of hydrogen-bond donors (Lipinski definition) is 1. The first-order valence-corrected chi connectivity index (χ1v) is 7.96. The van der Waals surface area contributed by atoms with Crippen molar-refractivity contribution in [2.45, 2.75) is 27.3 Å². The fourth-order valence-corrected chi connectivity index (χ4v) is 3.18. The van der Waals surface area contributed by atoms with Gasteiger partial charge in [0.2, 0.25) is 0 Å². The summed E-state index contributed by atoms with van der Waals surface area (Å²) in [7, 11) is 0. The van der Waals surface area contributed by atoms with Crippen molar-refractivity contribution in [1.82, 2.24) is 9.78 Å². The standard InChI is InChI=1S/C16H17N3O2S/c1-4-19-11(3)15(10(2)18-19)17-16(20)14-8-12(9-22-14)13-6-5-7-21-13/h5-9H,4H2,1-3H3,(H,17,20). The van der Waals surface area contributed by atoms with Crippen molar-refractivity contribution < 1.29 is 9.21 Å². The Kier molecular flexibility index (Phi) is 3.85. The van der Waals surface area contributed by atoms with Crippen LogP contribution >= 0.6 is 11.3 Å². The van der Waals surface area contributed by atoms with E-state index in [1.807, 2.05) is 49.0 Å². The zero-order valence-corrected chi connectivity index (χ0v) is 13.5. The number of hydrogen-bond acceptors (Lipinski definition) is 4. The molecule has 114 valence electrons. The monoisotopic (exact) mass is 315 g/mol. The van der Waals surface area contributed by atoms with Gasteiger partial charge in [0.25, 0.3) is 5.91 Å². The molecule has 0 bridgehead atoms. The van der Waals surface area contributed by atoms with Crippen LogP contribution in [0.1, 0.15) is 28.0 Å². The quantitative estimate of drug-likeness (QED) is 0.788. The van der Waals surface area contributed by atoms with Crippen LogP contribution in [0.15, 0.2) is 34.3 Å². The Morgan fingerprint density at radius 1 is 1.45 bits per heavy atom. The lowest BCUT2D eigenvalue weighted by Gasteiger charge is -2.04. The molecule has 5 nitrogen and oxygen atoms in total. The Hall–Kier alpha value is -2.34. The molecule has 0 radical (unpaired) electrons. The number of furan rings is 1. The first-order valence-electron chi connectivity index (χ1n) is 7.08. The number of rotatable bonds is 4. The number of aryl methyl sites for hydroxylation is 2. The summed E-state index contributed by atoms with van der Waals surface area (Å²) in [4.78, 5) is 13.1. The van der Waals surface area contributed by atoms with E-state index in [0.29, 0.717) is 4.88 Å². The van der Waals surface area contributed by atoms with Gasteiger partial charge in [0, 0.05) is 17.5 Å². The molecule has 6 heteroatoms. The van der Waals surface area contributed by atoms with E-state index in [4.69, 9.17) is 4.42 Å². The molecule has 0 atom stereocenters. The molecule has 1 N–H and O–H groups in total. The lowest BCUT2D eigenvalue weighted by atomic mass is 10.2. The summed E-state index contributed by atoms with van der Waals surface area (Å²) < 4.78 is 7.23. The number of anilines is 1. The third-order valence-corrected chi connectivity index (χ3v) is 4.48. The van der Waals surface area contributed by atoms with Gasteiger partial charge in [-0.3, -0.25) is 9.48 Å². The molecule has 3 heterocycles. The van der Waals surface area contributed by atoms with Gasteiger partial charge in [0.05, 0.1) is 28.2 Å². The van der Waals surface area contributed by atoms with Crippen LogP contribution in [0, 0.1) is 13.8 Å². The third-order valence-electron chi connectivity index (χ3n) is 3.55. The zero-order chi connectivity index (χ0) is 15.7. The van der Waals surface area contributed by atoms with Crippen molar-refractivity contribution in [3.63, 3.8) is 0 Å². The molecule has 0 aromatic carbocycles. The second kappa shape index (κ2) is 5.81. The molecular weight excluding hydrogens is 298 g/mol. The fourth-order valence-electron chi connectivity index (χ4n) is 2.39. The molecule has 22 heavy (non-hydrogen) atoms. The van der Waals surface area contributed by atoms with Crippen molar-refractivity contribution in [1.29, 1.82) is 0 Å². The van der Waals surface area contributed by atoms with Gasteiger partial charge in [0.15, 0.2) is 0 Å². The Balaban J connectivity index is 1.82. The minimum absolute atomic E-state index is 0.121. The molecule has 0 spiro atoms. The van der Waals surface area contributed by atoms with E-state index in [0.717, 1.165) is 34.9 Å². The zero-order valence-electron chi connectivity index (χ0n) is 12.7. The van der Waals surface area contributed by atoms with Crippen LogP contribution in [0.2, 0.25) is 0 Å². The number of thiophene rings is 1. The summed E-state index contributed by atoms with van der Waals surface area (Å²) in [6.45, 7) is 6.67. The third kappa shape index (κ3) is 2.57. The molecule has 0 aliphatic heterocycles. The minimum Gasteiger partial charge on any atom is -0.464 e. The topological polar surface area (TPSA) is 60.1 Å². The Morgan fingerprint density at radius 3 is 2.91 bits per heavy atom. The summed E-state index contributed by atoms with van der Waals surface area (Å²) in [5.74, 6) is 0.645. The SMILES string of the molecule is CCn1nc(C)c(NC(=O)c2cc(-c3ccco3)cs2)c1C. The van der Waals surface area contributed by atoms with Crippen LogP contribution in [-0.2, 0) is 6.54 Å². The highest BCUT2D eigenvalue weighted by Gasteiger charge is 2.16. The van der Waals surface area contributed by atoms with Crippen LogP contribution in [-0.4, -0.2) is 15.7 Å². The highest BCUT2D eigenvalue weighted by atomic mass is 32.1. The van der Waals surface area contributed by atoms with E-state index in [-0.39, 0.29) is 5.91 Å². The number of amides is 1. The molecule has 1 amide bonds. The first-order chi connectivity index (χ1) is 10.6. The van der Waals surface area contributed by atoms with E-state index in [9.17, 15) is 4.79 Å². The van der Waals surface area contributed by atoms with Gasteiger partial charge in [-0.2, -0.15) is 5.10 Å². The Bertz CT molecular complexity index is 800. The van der Waals surface area contributed by atoms with Crippen molar-refractivity contribution in [2.75, 3.05) is 5.32 Å². The highest BCUT2D eigenvalue weighted by molar-refractivity contribution is 7.12. The van der Waals surface area contributed by atoms with Crippen molar-refractivity contribution in [3.05, 3.63) is 46.1 Å². The van der Waals surface area contributed by atoms with E-state index < -0.39 is 0 Å². The van der Waals surface area contributed by atoms with E-state index >= 15 is 0 Å². The van der Waals surface area contributed by atoms with Crippen LogP contribution in [0.4, 0.5) is 5.69 Å². The Morgan fingerprint density at radius 2 is 2.27 bits per heavy atom. The second-order valence-corrected chi connectivity index (χ2v) is 5.90. The van der Waals surface area contributed by atoms with Crippen LogP contribution in [0.25, 0.3) is 11.3 Å². The summed E-state index contributed by atoms with van der Waals surface area (Å²) >= 11 is 1.40. The average Bonchev–Trinajstić information content (AvgIpc) is 3.22. The normalized spacial score (nSPS) is 10.9. The number of carbonyl (C=O) groups is 1.